The molecule has 0 heterocycles. The Balaban J connectivity index is 2.26. The van der Waals surface area contributed by atoms with Crippen molar-refractivity contribution >= 4 is 17.3 Å². The maximum absolute atomic E-state index is 11.0. The number of nitrogens with one attached hydrogen (secondary N) is 1. The minimum atomic E-state index is -0.926. The van der Waals surface area contributed by atoms with E-state index in [1.54, 1.807) is 45.4 Å². The van der Waals surface area contributed by atoms with Crippen LogP contribution in [-0.4, -0.2) is 25.3 Å². The molecule has 0 aliphatic heterocycles. The zero-order valence-corrected chi connectivity index (χ0v) is 12.1. The van der Waals surface area contributed by atoms with E-state index in [0.717, 1.165) is 11.4 Å². The van der Waals surface area contributed by atoms with E-state index in [4.69, 9.17) is 14.6 Å². The van der Waals surface area contributed by atoms with Crippen LogP contribution in [0.1, 0.15) is 15.9 Å². The fraction of sp³-hybridized carbons (Fsp3) is 0.188. The van der Waals surface area contributed by atoms with Crippen LogP contribution >= 0.6 is 0 Å². The Labute approximate surface area is 123 Å². The summed E-state index contributed by atoms with van der Waals surface area (Å²) in [5, 5.41) is 12.2. The molecule has 0 spiro atoms. The highest BCUT2D eigenvalue weighted by atomic mass is 16.5. The lowest BCUT2D eigenvalue weighted by molar-refractivity contribution is 0.0696. The van der Waals surface area contributed by atoms with Gasteiger partial charge in [0.15, 0.2) is 11.5 Å². The molecule has 5 heteroatoms. The summed E-state index contributed by atoms with van der Waals surface area (Å²) >= 11 is 0. The van der Waals surface area contributed by atoms with Gasteiger partial charge in [0.05, 0.1) is 19.8 Å². The fourth-order valence-electron chi connectivity index (χ4n) is 2.06. The van der Waals surface area contributed by atoms with E-state index in [9.17, 15) is 4.79 Å². The molecule has 0 saturated carbocycles. The molecule has 0 radical (unpaired) electrons. The topological polar surface area (TPSA) is 67.8 Å². The van der Waals surface area contributed by atoms with Crippen molar-refractivity contribution in [2.24, 2.45) is 0 Å². The van der Waals surface area contributed by atoms with E-state index in [-0.39, 0.29) is 0 Å². The molecular formula is C16H17NO4. The second kappa shape index (κ2) is 6.17. The van der Waals surface area contributed by atoms with Crippen LogP contribution in [0.4, 0.5) is 11.4 Å². The number of anilines is 2. The normalized spacial score (nSPS) is 10.0. The predicted octanol–water partition coefficient (Wildman–Crippen LogP) is 3.45. The van der Waals surface area contributed by atoms with Gasteiger partial charge < -0.3 is 19.9 Å². The number of methoxy groups -OCH3 is 2. The van der Waals surface area contributed by atoms with Gasteiger partial charge in [-0.05, 0) is 42.8 Å². The van der Waals surface area contributed by atoms with Gasteiger partial charge in [-0.25, -0.2) is 4.79 Å². The molecule has 2 rings (SSSR count). The zero-order valence-electron chi connectivity index (χ0n) is 12.1. The van der Waals surface area contributed by atoms with Gasteiger partial charge in [-0.3, -0.25) is 0 Å². The van der Waals surface area contributed by atoms with Crippen LogP contribution in [0.25, 0.3) is 0 Å². The average Bonchev–Trinajstić information content (AvgIpc) is 2.46. The molecule has 0 amide bonds. The monoisotopic (exact) mass is 287 g/mol. The summed E-state index contributed by atoms with van der Waals surface area (Å²) in [6, 6.07) is 10.6. The van der Waals surface area contributed by atoms with Crippen LogP contribution in [0.15, 0.2) is 36.4 Å². The Morgan fingerprint density at radius 2 is 1.62 bits per heavy atom. The predicted molar refractivity (Wildman–Crippen MR) is 81.0 cm³/mol. The van der Waals surface area contributed by atoms with Crippen LogP contribution in [-0.2, 0) is 0 Å². The van der Waals surface area contributed by atoms with Crippen molar-refractivity contribution in [1.29, 1.82) is 0 Å². The highest BCUT2D eigenvalue weighted by molar-refractivity contribution is 5.90. The molecule has 0 unspecified atom stereocenters. The first-order valence-corrected chi connectivity index (χ1v) is 6.38. The molecule has 0 saturated heterocycles. The van der Waals surface area contributed by atoms with Crippen molar-refractivity contribution in [3.8, 4) is 11.5 Å². The molecule has 0 bridgehead atoms. The fourth-order valence-corrected chi connectivity index (χ4v) is 2.06. The molecule has 21 heavy (non-hydrogen) atoms. The number of hydrogen-bond acceptors (Lipinski definition) is 4. The van der Waals surface area contributed by atoms with Crippen molar-refractivity contribution in [3.63, 3.8) is 0 Å². The Kier molecular flexibility index (Phi) is 4.33. The number of carbonyl (C=O) groups is 1. The van der Waals surface area contributed by atoms with Crippen molar-refractivity contribution in [1.82, 2.24) is 0 Å². The van der Waals surface area contributed by atoms with Crippen LogP contribution in [0.2, 0.25) is 0 Å². The number of rotatable bonds is 5. The Morgan fingerprint density at radius 3 is 2.19 bits per heavy atom. The second-order valence-corrected chi connectivity index (χ2v) is 4.53. The molecule has 110 valence electrons. The van der Waals surface area contributed by atoms with Gasteiger partial charge in [-0.1, -0.05) is 0 Å². The van der Waals surface area contributed by atoms with Crippen molar-refractivity contribution in [3.05, 3.63) is 47.5 Å². The molecule has 0 fully saturated rings. The van der Waals surface area contributed by atoms with Gasteiger partial charge >= 0.3 is 5.97 Å². The summed E-state index contributed by atoms with van der Waals surface area (Å²) in [7, 11) is 3.16. The van der Waals surface area contributed by atoms with Gasteiger partial charge in [0, 0.05) is 17.4 Å². The summed E-state index contributed by atoms with van der Waals surface area (Å²) in [5.41, 5.74) is 2.64. The number of carboxylic acids is 1. The third-order valence-corrected chi connectivity index (χ3v) is 3.13. The van der Waals surface area contributed by atoms with Crippen LogP contribution in [0.3, 0.4) is 0 Å². The largest absolute Gasteiger partial charge is 0.493 e. The van der Waals surface area contributed by atoms with Gasteiger partial charge in [0.1, 0.15) is 0 Å². The summed E-state index contributed by atoms with van der Waals surface area (Å²) in [6.07, 6.45) is 0. The van der Waals surface area contributed by atoms with E-state index in [2.05, 4.69) is 5.32 Å². The molecule has 2 aromatic rings. The molecule has 2 N–H and O–H groups in total. The maximum Gasteiger partial charge on any atom is 0.335 e. The summed E-state index contributed by atoms with van der Waals surface area (Å²) in [4.78, 5) is 11.0. The van der Waals surface area contributed by atoms with Crippen LogP contribution < -0.4 is 14.8 Å². The van der Waals surface area contributed by atoms with Crippen molar-refractivity contribution in [2.45, 2.75) is 6.92 Å². The summed E-state index contributed by atoms with van der Waals surface area (Å²) < 4.78 is 10.4. The molecule has 0 atom stereocenters. The van der Waals surface area contributed by atoms with Gasteiger partial charge in [-0.2, -0.15) is 0 Å². The lowest BCUT2D eigenvalue weighted by atomic mass is 10.1. The molecular weight excluding hydrogens is 270 g/mol. The first-order valence-electron chi connectivity index (χ1n) is 6.38. The molecule has 0 aliphatic rings. The van der Waals surface area contributed by atoms with Crippen LogP contribution in [0, 0.1) is 6.92 Å². The van der Waals surface area contributed by atoms with Crippen LogP contribution in [0.5, 0.6) is 11.5 Å². The number of hydrogen-bond donors (Lipinski definition) is 2. The highest BCUT2D eigenvalue weighted by Gasteiger charge is 2.08. The molecule has 0 aliphatic carbocycles. The third kappa shape index (κ3) is 3.25. The van der Waals surface area contributed by atoms with Crippen molar-refractivity contribution < 1.29 is 19.4 Å². The van der Waals surface area contributed by atoms with E-state index in [1.165, 1.54) is 0 Å². The Bertz CT molecular complexity index is 667. The summed E-state index contributed by atoms with van der Waals surface area (Å²) in [6.45, 7) is 1.77. The Hall–Kier alpha value is -2.69. The smallest absolute Gasteiger partial charge is 0.335 e. The van der Waals surface area contributed by atoms with Crippen molar-refractivity contribution in [2.75, 3.05) is 19.5 Å². The number of aryl methyl sites for hydroxylation is 1. The minimum Gasteiger partial charge on any atom is -0.493 e. The van der Waals surface area contributed by atoms with E-state index < -0.39 is 5.97 Å². The van der Waals surface area contributed by atoms with E-state index >= 15 is 0 Å². The first kappa shape index (κ1) is 14.7. The quantitative estimate of drug-likeness (QED) is 0.881. The minimum absolute atomic E-state index is 0.299. The SMILES string of the molecule is COc1ccc(Nc2ccc(C(=O)O)c(C)c2)cc1OC. The standard InChI is InChI=1S/C16H17NO4/c1-10-8-11(4-6-13(10)16(18)19)17-12-5-7-14(20-2)15(9-12)21-3/h4-9,17H,1-3H3,(H,18,19). The zero-order chi connectivity index (χ0) is 15.4. The van der Waals surface area contributed by atoms with Gasteiger partial charge in [0.25, 0.3) is 0 Å². The molecule has 0 aromatic heterocycles. The van der Waals surface area contributed by atoms with Gasteiger partial charge in [-0.15, -0.1) is 0 Å². The average molecular weight is 287 g/mol. The number of carboxylic acid groups (broad SMARTS) is 1. The molecule has 5 nitrogen and oxygen atoms in total. The maximum atomic E-state index is 11.0. The van der Waals surface area contributed by atoms with E-state index in [1.807, 2.05) is 12.1 Å². The lowest BCUT2D eigenvalue weighted by Gasteiger charge is -2.12. The second-order valence-electron chi connectivity index (χ2n) is 4.53. The Morgan fingerprint density at radius 1 is 1.00 bits per heavy atom. The number of ether oxygens (including phenoxy) is 2. The number of aromatic carboxylic acids is 1. The lowest BCUT2D eigenvalue weighted by Crippen LogP contribution is -2.00. The summed E-state index contributed by atoms with van der Waals surface area (Å²) in [5.74, 6) is 0.354. The molecule has 2 aromatic carbocycles. The van der Waals surface area contributed by atoms with E-state index in [0.29, 0.717) is 22.6 Å². The van der Waals surface area contributed by atoms with Gasteiger partial charge in [0.2, 0.25) is 0 Å². The third-order valence-electron chi connectivity index (χ3n) is 3.13. The number of benzene rings is 2. The first-order chi connectivity index (χ1) is 10.0. The highest BCUT2D eigenvalue weighted by Crippen LogP contribution is 2.31.